The van der Waals surface area contributed by atoms with E-state index in [0.29, 0.717) is 5.75 Å². The van der Waals surface area contributed by atoms with E-state index in [1.54, 1.807) is 6.33 Å². The molecule has 0 saturated carbocycles. The molecular formula is C25H29N5O2S. The topological polar surface area (TPSA) is 63.5 Å². The summed E-state index contributed by atoms with van der Waals surface area (Å²) in [5, 5.41) is 9.10. The summed E-state index contributed by atoms with van der Waals surface area (Å²) in [6.45, 7) is 7.16. The van der Waals surface area contributed by atoms with Gasteiger partial charge in [-0.2, -0.15) is 0 Å². The average Bonchev–Trinajstić information content (AvgIpc) is 3.52. The van der Waals surface area contributed by atoms with Crippen molar-refractivity contribution in [2.24, 2.45) is 0 Å². The lowest BCUT2D eigenvalue weighted by molar-refractivity contribution is -0.130. The number of fused-ring (bicyclic) bond motifs is 1. The molecule has 2 aliphatic rings. The van der Waals surface area contributed by atoms with Gasteiger partial charge in [0.2, 0.25) is 5.91 Å². The van der Waals surface area contributed by atoms with Crippen LogP contribution in [0.5, 0.6) is 5.75 Å². The first-order valence-corrected chi connectivity index (χ1v) is 12.6. The van der Waals surface area contributed by atoms with Gasteiger partial charge in [-0.1, -0.05) is 49.0 Å². The fourth-order valence-corrected chi connectivity index (χ4v) is 5.33. The van der Waals surface area contributed by atoms with Crippen LogP contribution in [0.4, 0.5) is 0 Å². The number of carbonyl (C=O) groups excluding carboxylic acids is 1. The van der Waals surface area contributed by atoms with Crippen LogP contribution >= 0.6 is 11.8 Å². The number of rotatable bonds is 7. The number of ether oxygens (including phenoxy) is 1. The minimum atomic E-state index is 0.160. The van der Waals surface area contributed by atoms with Crippen LogP contribution in [0.1, 0.15) is 23.6 Å². The van der Waals surface area contributed by atoms with Crippen molar-refractivity contribution in [3.05, 3.63) is 65.5 Å². The predicted octanol–water partition coefficient (Wildman–Crippen LogP) is 3.20. The molecule has 0 atom stereocenters. The van der Waals surface area contributed by atoms with Crippen LogP contribution in [0.15, 0.2) is 53.9 Å². The molecule has 1 fully saturated rings. The first kappa shape index (κ1) is 22.0. The smallest absolute Gasteiger partial charge is 0.233 e. The molecule has 8 heteroatoms. The van der Waals surface area contributed by atoms with Crippen molar-refractivity contribution in [2.45, 2.75) is 31.5 Å². The number of aryl methyl sites for hydroxylation is 1. The average molecular weight is 464 g/mol. The second-order valence-electron chi connectivity index (χ2n) is 8.45. The lowest BCUT2D eigenvalue weighted by Crippen LogP contribution is -2.48. The van der Waals surface area contributed by atoms with E-state index in [1.807, 2.05) is 21.6 Å². The van der Waals surface area contributed by atoms with Gasteiger partial charge in [-0.15, -0.1) is 10.2 Å². The van der Waals surface area contributed by atoms with Crippen LogP contribution < -0.4 is 4.74 Å². The number of piperazine rings is 1. The zero-order chi connectivity index (χ0) is 22.6. The third-order valence-corrected chi connectivity index (χ3v) is 7.29. The van der Waals surface area contributed by atoms with Crippen molar-refractivity contribution in [1.82, 2.24) is 24.6 Å². The van der Waals surface area contributed by atoms with Crippen LogP contribution in [-0.4, -0.2) is 69.0 Å². The molecule has 0 bridgehead atoms. The van der Waals surface area contributed by atoms with Gasteiger partial charge < -0.3 is 9.64 Å². The summed E-state index contributed by atoms with van der Waals surface area (Å²) in [5.41, 5.74) is 4.94. The maximum atomic E-state index is 12.9. The second-order valence-corrected chi connectivity index (χ2v) is 9.39. The normalized spacial score (nSPS) is 16.0. The van der Waals surface area contributed by atoms with Gasteiger partial charge in [-0.25, -0.2) is 0 Å². The molecule has 2 aromatic carbocycles. The summed E-state index contributed by atoms with van der Waals surface area (Å²) in [5.74, 6) is 1.56. The van der Waals surface area contributed by atoms with E-state index in [-0.39, 0.29) is 5.91 Å². The monoisotopic (exact) mass is 463 g/mol. The van der Waals surface area contributed by atoms with Crippen LogP contribution in [-0.2, 0) is 24.2 Å². The maximum Gasteiger partial charge on any atom is 0.233 e. The Hall–Kier alpha value is -2.84. The summed E-state index contributed by atoms with van der Waals surface area (Å²) in [7, 11) is 0. The minimum absolute atomic E-state index is 0.160. The van der Waals surface area contributed by atoms with Gasteiger partial charge in [-0.3, -0.25) is 14.3 Å². The van der Waals surface area contributed by atoms with Gasteiger partial charge in [-0.05, 0) is 35.2 Å². The highest BCUT2D eigenvalue weighted by molar-refractivity contribution is 7.99. The van der Waals surface area contributed by atoms with E-state index in [4.69, 9.17) is 4.74 Å². The predicted molar refractivity (Wildman–Crippen MR) is 129 cm³/mol. The summed E-state index contributed by atoms with van der Waals surface area (Å²) in [4.78, 5) is 17.3. The molecule has 0 unspecified atom stereocenters. The number of benzene rings is 2. The van der Waals surface area contributed by atoms with E-state index in [0.717, 1.165) is 68.8 Å². The first-order chi connectivity index (χ1) is 16.2. The number of nitrogens with zero attached hydrogens (tertiary/aromatic N) is 5. The van der Waals surface area contributed by atoms with Gasteiger partial charge in [0.15, 0.2) is 5.16 Å². The van der Waals surface area contributed by atoms with Gasteiger partial charge in [0.1, 0.15) is 12.1 Å². The summed E-state index contributed by atoms with van der Waals surface area (Å²) < 4.78 is 7.59. The molecule has 2 aliphatic heterocycles. The molecule has 1 aromatic heterocycles. The molecule has 172 valence electrons. The Labute approximate surface area is 198 Å². The van der Waals surface area contributed by atoms with E-state index in [9.17, 15) is 4.79 Å². The highest BCUT2D eigenvalue weighted by Crippen LogP contribution is 2.27. The summed E-state index contributed by atoms with van der Waals surface area (Å²) in [6.07, 6.45) is 3.66. The van der Waals surface area contributed by atoms with Crippen molar-refractivity contribution >= 4 is 17.7 Å². The number of hydrogen-bond acceptors (Lipinski definition) is 6. The number of amides is 1. The highest BCUT2D eigenvalue weighted by Gasteiger charge is 2.22. The number of hydrogen-bond donors (Lipinski definition) is 0. The van der Waals surface area contributed by atoms with E-state index < -0.39 is 0 Å². The van der Waals surface area contributed by atoms with Gasteiger partial charge >= 0.3 is 0 Å². The summed E-state index contributed by atoms with van der Waals surface area (Å²) in [6, 6.07) is 14.8. The molecule has 33 heavy (non-hydrogen) atoms. The fourth-order valence-electron chi connectivity index (χ4n) is 4.50. The quantitative estimate of drug-likeness (QED) is 0.502. The molecule has 1 amide bonds. The molecule has 0 N–H and O–H groups in total. The van der Waals surface area contributed by atoms with Gasteiger partial charge in [0.05, 0.1) is 18.0 Å². The second kappa shape index (κ2) is 9.97. The Kier molecular flexibility index (Phi) is 6.64. The lowest BCUT2D eigenvalue weighted by atomic mass is 10.1. The number of thioether (sulfide) groups is 1. The van der Waals surface area contributed by atoms with Crippen LogP contribution in [0.25, 0.3) is 5.69 Å². The minimum Gasteiger partial charge on any atom is -0.493 e. The molecule has 0 spiro atoms. The highest BCUT2D eigenvalue weighted by atomic mass is 32.2. The molecule has 3 aromatic rings. The number of para-hydroxylation sites is 1. The van der Waals surface area contributed by atoms with Crippen molar-refractivity contribution in [2.75, 3.05) is 38.5 Å². The fraction of sp³-hybridized carbons (Fsp3) is 0.400. The van der Waals surface area contributed by atoms with Crippen molar-refractivity contribution in [1.29, 1.82) is 0 Å². The molecule has 7 nitrogen and oxygen atoms in total. The molecule has 5 rings (SSSR count). The van der Waals surface area contributed by atoms with Crippen molar-refractivity contribution in [3.63, 3.8) is 0 Å². The Morgan fingerprint density at radius 3 is 2.82 bits per heavy atom. The molecule has 0 aliphatic carbocycles. The van der Waals surface area contributed by atoms with Crippen molar-refractivity contribution in [3.8, 4) is 11.4 Å². The zero-order valence-corrected chi connectivity index (χ0v) is 19.8. The maximum absolute atomic E-state index is 12.9. The third-order valence-electron chi connectivity index (χ3n) is 6.36. The third kappa shape index (κ3) is 4.91. The molecule has 1 saturated heterocycles. The van der Waals surface area contributed by atoms with Crippen LogP contribution in [0, 0.1) is 0 Å². The molecule has 0 radical (unpaired) electrons. The Morgan fingerprint density at radius 1 is 1.12 bits per heavy atom. The van der Waals surface area contributed by atoms with E-state index in [2.05, 4.69) is 52.4 Å². The Bertz CT molecular complexity index is 1120. The Balaban J connectivity index is 1.13. The van der Waals surface area contributed by atoms with Gasteiger partial charge in [0, 0.05) is 39.1 Å². The Morgan fingerprint density at radius 2 is 1.97 bits per heavy atom. The lowest BCUT2D eigenvalue weighted by Gasteiger charge is -2.34. The molecule has 3 heterocycles. The number of carbonyl (C=O) groups is 1. The summed E-state index contributed by atoms with van der Waals surface area (Å²) >= 11 is 1.46. The largest absolute Gasteiger partial charge is 0.493 e. The van der Waals surface area contributed by atoms with E-state index in [1.165, 1.54) is 28.5 Å². The van der Waals surface area contributed by atoms with Gasteiger partial charge in [0.25, 0.3) is 0 Å². The van der Waals surface area contributed by atoms with E-state index >= 15 is 0 Å². The zero-order valence-electron chi connectivity index (χ0n) is 18.9. The SMILES string of the molecule is CCc1ccccc1-n1cnnc1SCC(=O)N1CCN(Cc2ccc3c(c2)CCO3)CC1. The molecular weight excluding hydrogens is 434 g/mol. The first-order valence-electron chi connectivity index (χ1n) is 11.6. The van der Waals surface area contributed by atoms with Crippen molar-refractivity contribution < 1.29 is 9.53 Å². The van der Waals surface area contributed by atoms with Crippen LogP contribution in [0.2, 0.25) is 0 Å². The number of aromatic nitrogens is 3. The standard InChI is InChI=1S/C25H29N5O2S/c1-2-20-5-3-4-6-22(20)30-18-26-27-25(30)33-17-24(31)29-12-10-28(11-13-29)16-19-7-8-23-21(15-19)9-14-32-23/h3-8,15,18H,2,9-14,16-17H2,1H3. The van der Waals surface area contributed by atoms with Crippen LogP contribution in [0.3, 0.4) is 0 Å².